The first kappa shape index (κ1) is 18.9. The van der Waals surface area contributed by atoms with Crippen LogP contribution in [0.1, 0.15) is 74.7 Å². The summed E-state index contributed by atoms with van der Waals surface area (Å²) in [4.78, 5) is 2.69. The lowest BCUT2D eigenvalue weighted by Crippen LogP contribution is -2.66. The molecule has 0 saturated carbocycles. The molecule has 0 bridgehead atoms. The number of nitrogens with zero attached hydrogens (tertiary/aromatic N) is 1. The lowest BCUT2D eigenvalue weighted by atomic mass is 9.75. The van der Waals surface area contributed by atoms with Crippen LogP contribution in [0.3, 0.4) is 0 Å². The number of rotatable bonds is 7. The zero-order valence-corrected chi connectivity index (χ0v) is 15.6. The molecule has 0 radical (unpaired) electrons. The molecule has 1 unspecified atom stereocenters. The predicted octanol–water partition coefficient (Wildman–Crippen LogP) is 3.81. The third-order valence-corrected chi connectivity index (χ3v) is 5.20. The fourth-order valence-corrected chi connectivity index (χ4v) is 4.42. The monoisotopic (exact) mass is 298 g/mol. The summed E-state index contributed by atoms with van der Waals surface area (Å²) in [6.07, 6.45) is 3.34. The van der Waals surface area contributed by atoms with Gasteiger partial charge in [-0.3, -0.25) is 4.90 Å². The van der Waals surface area contributed by atoms with Crippen LogP contribution >= 0.6 is 0 Å². The molecule has 0 spiro atoms. The highest BCUT2D eigenvalue weighted by Crippen LogP contribution is 2.49. The van der Waals surface area contributed by atoms with E-state index in [-0.39, 0.29) is 16.7 Å². The Bertz CT molecular complexity index is 334. The molecule has 3 nitrogen and oxygen atoms in total. The largest absolute Gasteiger partial charge is 0.368 e. The third kappa shape index (κ3) is 3.62. The Morgan fingerprint density at radius 2 is 1.62 bits per heavy atom. The maximum Gasteiger partial charge on any atom is 0.0830 e. The Kier molecular flexibility index (Phi) is 5.91. The van der Waals surface area contributed by atoms with Crippen molar-refractivity contribution in [1.82, 2.24) is 4.90 Å². The molecule has 2 N–H and O–H groups in total. The summed E-state index contributed by atoms with van der Waals surface area (Å²) in [5.41, 5.74) is 5.97. The molecule has 1 saturated heterocycles. The van der Waals surface area contributed by atoms with E-state index >= 15 is 0 Å². The van der Waals surface area contributed by atoms with Gasteiger partial charge in [-0.1, -0.05) is 27.7 Å². The van der Waals surface area contributed by atoms with Gasteiger partial charge in [-0.15, -0.1) is 0 Å². The van der Waals surface area contributed by atoms with Crippen LogP contribution in [0.25, 0.3) is 0 Å². The van der Waals surface area contributed by atoms with E-state index in [1.54, 1.807) is 0 Å². The lowest BCUT2D eigenvalue weighted by Gasteiger charge is -2.51. The molecular formula is C18H38N2O. The van der Waals surface area contributed by atoms with Crippen LogP contribution in [0.2, 0.25) is 0 Å². The van der Waals surface area contributed by atoms with Gasteiger partial charge in [0.05, 0.1) is 16.7 Å². The lowest BCUT2D eigenvalue weighted by molar-refractivity contribution is -0.114. The van der Waals surface area contributed by atoms with E-state index in [1.165, 1.54) is 12.8 Å². The van der Waals surface area contributed by atoms with Gasteiger partial charge in [0, 0.05) is 19.1 Å². The van der Waals surface area contributed by atoms with Gasteiger partial charge in [0.2, 0.25) is 0 Å². The van der Waals surface area contributed by atoms with Gasteiger partial charge in [-0.05, 0) is 52.9 Å². The minimum atomic E-state index is -0.220. The molecule has 1 heterocycles. The van der Waals surface area contributed by atoms with Gasteiger partial charge < -0.3 is 10.5 Å². The van der Waals surface area contributed by atoms with Crippen molar-refractivity contribution in [3.05, 3.63) is 0 Å². The summed E-state index contributed by atoms with van der Waals surface area (Å²) >= 11 is 0. The quantitative estimate of drug-likeness (QED) is 0.777. The van der Waals surface area contributed by atoms with Gasteiger partial charge in [-0.2, -0.15) is 0 Å². The number of nitrogens with two attached hydrogens (primary N) is 1. The van der Waals surface area contributed by atoms with Crippen LogP contribution in [-0.4, -0.2) is 40.8 Å². The second kappa shape index (κ2) is 6.55. The Labute approximate surface area is 132 Å². The Morgan fingerprint density at radius 1 is 1.10 bits per heavy atom. The normalized spacial score (nSPS) is 28.0. The molecule has 21 heavy (non-hydrogen) atoms. The van der Waals surface area contributed by atoms with Gasteiger partial charge in [-0.25, -0.2) is 0 Å². The van der Waals surface area contributed by atoms with E-state index in [1.807, 2.05) is 0 Å². The zero-order chi connectivity index (χ0) is 16.5. The first-order chi connectivity index (χ1) is 9.55. The highest BCUT2D eigenvalue weighted by atomic mass is 16.5. The van der Waals surface area contributed by atoms with E-state index in [9.17, 15) is 0 Å². The third-order valence-electron chi connectivity index (χ3n) is 5.20. The molecule has 0 amide bonds. The summed E-state index contributed by atoms with van der Waals surface area (Å²) in [6.45, 7) is 19.8. The number of hydrogen-bond donors (Lipinski definition) is 1. The summed E-state index contributed by atoms with van der Waals surface area (Å²) in [7, 11) is 0. The fourth-order valence-electron chi connectivity index (χ4n) is 4.42. The second-order valence-corrected chi connectivity index (χ2v) is 8.30. The second-order valence-electron chi connectivity index (χ2n) is 8.30. The molecule has 1 rings (SSSR count). The minimum absolute atomic E-state index is 0.0720. The molecule has 0 aromatic carbocycles. The molecule has 1 aliphatic rings. The van der Waals surface area contributed by atoms with Gasteiger partial charge in [0.15, 0.2) is 0 Å². The van der Waals surface area contributed by atoms with Crippen LogP contribution in [0.15, 0.2) is 0 Å². The van der Waals surface area contributed by atoms with E-state index in [4.69, 9.17) is 10.5 Å². The van der Waals surface area contributed by atoms with Crippen LogP contribution < -0.4 is 5.73 Å². The first-order valence-corrected chi connectivity index (χ1v) is 8.72. The fraction of sp³-hybridized carbons (Fsp3) is 1.00. The van der Waals surface area contributed by atoms with E-state index in [0.717, 1.165) is 13.0 Å². The molecule has 1 aliphatic heterocycles. The molecule has 3 heteroatoms. The highest BCUT2D eigenvalue weighted by Gasteiger charge is 2.60. The number of hydrogen-bond acceptors (Lipinski definition) is 3. The molecule has 0 aromatic heterocycles. The maximum atomic E-state index is 6.42. The standard InChI is InChI=1S/C18H38N2O/c1-9-15(10-2)20(11-14(3)4)18(13-19)12-16(5,6)21-17(18,7)8/h14-15H,9-13,19H2,1-8H3. The van der Waals surface area contributed by atoms with Gasteiger partial charge >= 0.3 is 0 Å². The highest BCUT2D eigenvalue weighted by molar-refractivity contribution is 5.14. The van der Waals surface area contributed by atoms with Crippen LogP contribution in [0, 0.1) is 5.92 Å². The molecule has 1 atom stereocenters. The number of ether oxygens (including phenoxy) is 1. The van der Waals surface area contributed by atoms with E-state index in [0.29, 0.717) is 18.5 Å². The summed E-state index contributed by atoms with van der Waals surface area (Å²) in [5.74, 6) is 0.633. The Morgan fingerprint density at radius 3 is 1.90 bits per heavy atom. The average molecular weight is 299 g/mol. The topological polar surface area (TPSA) is 38.5 Å². The van der Waals surface area contributed by atoms with Crippen molar-refractivity contribution in [3.63, 3.8) is 0 Å². The van der Waals surface area contributed by atoms with Crippen molar-refractivity contribution in [2.75, 3.05) is 13.1 Å². The molecule has 126 valence electrons. The van der Waals surface area contributed by atoms with E-state index in [2.05, 4.69) is 60.3 Å². The smallest absolute Gasteiger partial charge is 0.0830 e. The first-order valence-electron chi connectivity index (χ1n) is 8.72. The Balaban J connectivity index is 3.28. The molecule has 0 aromatic rings. The van der Waals surface area contributed by atoms with Crippen molar-refractivity contribution in [2.45, 2.75) is 97.4 Å². The SMILES string of the molecule is CCC(CC)N(CC(C)C)C1(CN)CC(C)(C)OC1(C)C. The Hall–Kier alpha value is -0.120. The van der Waals surface area contributed by atoms with E-state index < -0.39 is 0 Å². The van der Waals surface area contributed by atoms with Gasteiger partial charge in [0.25, 0.3) is 0 Å². The van der Waals surface area contributed by atoms with Crippen molar-refractivity contribution >= 4 is 0 Å². The zero-order valence-electron chi connectivity index (χ0n) is 15.6. The van der Waals surface area contributed by atoms with Crippen molar-refractivity contribution in [1.29, 1.82) is 0 Å². The maximum absolute atomic E-state index is 6.42. The summed E-state index contributed by atoms with van der Waals surface area (Å²) in [6, 6.07) is 0.577. The van der Waals surface area contributed by atoms with Crippen LogP contribution in [-0.2, 0) is 4.74 Å². The van der Waals surface area contributed by atoms with Gasteiger partial charge in [0.1, 0.15) is 0 Å². The van der Waals surface area contributed by atoms with Crippen LogP contribution in [0.4, 0.5) is 0 Å². The van der Waals surface area contributed by atoms with Crippen molar-refractivity contribution in [2.24, 2.45) is 11.7 Å². The average Bonchev–Trinajstić information content (AvgIpc) is 2.53. The molecule has 1 fully saturated rings. The van der Waals surface area contributed by atoms with Crippen LogP contribution in [0.5, 0.6) is 0 Å². The van der Waals surface area contributed by atoms with Crippen molar-refractivity contribution < 1.29 is 4.74 Å². The summed E-state index contributed by atoms with van der Waals surface area (Å²) < 4.78 is 6.42. The molecular weight excluding hydrogens is 260 g/mol. The molecule has 0 aliphatic carbocycles. The van der Waals surface area contributed by atoms with Crippen molar-refractivity contribution in [3.8, 4) is 0 Å². The minimum Gasteiger partial charge on any atom is -0.368 e. The predicted molar refractivity (Wildman–Crippen MR) is 91.6 cm³/mol. The summed E-state index contributed by atoms with van der Waals surface area (Å²) in [5, 5.41) is 0.